The Kier molecular flexibility index (Phi) is 6.63. The number of benzene rings is 2. The molecule has 7 rings (SSSR count). The Hall–Kier alpha value is -3.95. The van der Waals surface area contributed by atoms with Gasteiger partial charge in [-0.1, -0.05) is 13.0 Å². The lowest BCUT2D eigenvalue weighted by molar-refractivity contribution is -0.116. The number of likely N-dealkylation sites (N-methyl/N-ethyl adjacent to an activating group) is 1. The SMILES string of the molecule is CCN1CCN(Cc2ccc(C(=O)NC3C4Oc5ccc(Oc6ccnc7c6CCC(=O)N7)cc5C34)cc2C)CC1. The Morgan fingerprint density at radius 1 is 1.10 bits per heavy atom. The highest BCUT2D eigenvalue weighted by molar-refractivity contribution is 5.95. The highest BCUT2D eigenvalue weighted by Gasteiger charge is 2.59. The highest BCUT2D eigenvalue weighted by Crippen LogP contribution is 2.54. The standard InChI is InChI=1S/C32H35N5O4/c1-3-36-12-14-37(15-13-36)18-21-5-4-20(16-19(21)2)32(39)35-29-28-24-17-22(6-8-25(24)41-30(28)29)40-26-10-11-33-31-23(26)7-9-27(38)34-31/h4-6,8,10-11,16-17,28-30H,3,7,9,12-15,18H2,1-2H3,(H,35,39)(H,33,34,38). The number of amides is 2. The molecule has 212 valence electrons. The number of carbonyl (C=O) groups is 2. The van der Waals surface area contributed by atoms with Crippen LogP contribution in [0.2, 0.25) is 0 Å². The Bertz CT molecular complexity index is 1520. The van der Waals surface area contributed by atoms with Gasteiger partial charge >= 0.3 is 0 Å². The molecule has 3 unspecified atom stereocenters. The fourth-order valence-electron chi connectivity index (χ4n) is 6.31. The summed E-state index contributed by atoms with van der Waals surface area (Å²) in [5, 5.41) is 6.01. The maximum Gasteiger partial charge on any atom is 0.251 e. The Morgan fingerprint density at radius 2 is 1.93 bits per heavy atom. The summed E-state index contributed by atoms with van der Waals surface area (Å²) in [6, 6.07) is 13.6. The molecular formula is C32H35N5O4. The second-order valence-corrected chi connectivity index (χ2v) is 11.4. The van der Waals surface area contributed by atoms with Gasteiger partial charge in [0.1, 0.15) is 29.2 Å². The van der Waals surface area contributed by atoms with Crippen molar-refractivity contribution in [2.75, 3.05) is 38.0 Å². The van der Waals surface area contributed by atoms with Crippen LogP contribution in [0.15, 0.2) is 48.7 Å². The first-order valence-corrected chi connectivity index (χ1v) is 14.6. The third-order valence-electron chi connectivity index (χ3n) is 8.87. The van der Waals surface area contributed by atoms with Gasteiger partial charge in [0.25, 0.3) is 5.91 Å². The quantitative estimate of drug-likeness (QED) is 0.459. The molecule has 1 saturated heterocycles. The van der Waals surface area contributed by atoms with Crippen molar-refractivity contribution in [3.05, 3.63) is 76.5 Å². The van der Waals surface area contributed by atoms with Crippen molar-refractivity contribution in [1.29, 1.82) is 0 Å². The van der Waals surface area contributed by atoms with Crippen molar-refractivity contribution in [2.24, 2.45) is 0 Å². The number of carbonyl (C=O) groups excluding carboxylic acids is 2. The topological polar surface area (TPSA) is 96.0 Å². The monoisotopic (exact) mass is 553 g/mol. The van der Waals surface area contributed by atoms with E-state index in [2.05, 4.69) is 45.3 Å². The molecule has 2 fully saturated rings. The average Bonchev–Trinajstić information content (AvgIpc) is 3.50. The molecule has 3 atom stereocenters. The van der Waals surface area contributed by atoms with Crippen LogP contribution in [-0.4, -0.2) is 71.5 Å². The van der Waals surface area contributed by atoms with Crippen molar-refractivity contribution in [2.45, 2.75) is 51.3 Å². The molecule has 3 aliphatic heterocycles. The van der Waals surface area contributed by atoms with Crippen LogP contribution >= 0.6 is 0 Å². The second kappa shape index (κ2) is 10.5. The van der Waals surface area contributed by atoms with Gasteiger partial charge in [-0.05, 0) is 67.4 Å². The fourth-order valence-corrected chi connectivity index (χ4v) is 6.31. The molecule has 9 nitrogen and oxygen atoms in total. The van der Waals surface area contributed by atoms with E-state index in [9.17, 15) is 9.59 Å². The zero-order valence-corrected chi connectivity index (χ0v) is 23.5. The number of nitrogens with zero attached hydrogens (tertiary/aromatic N) is 3. The number of piperazine rings is 1. The fraction of sp³-hybridized carbons (Fsp3) is 0.406. The number of hydrogen-bond acceptors (Lipinski definition) is 7. The van der Waals surface area contributed by atoms with E-state index >= 15 is 0 Å². The van der Waals surface area contributed by atoms with Gasteiger partial charge in [-0.15, -0.1) is 0 Å². The zero-order valence-electron chi connectivity index (χ0n) is 23.5. The number of nitrogens with one attached hydrogen (secondary N) is 2. The molecule has 0 radical (unpaired) electrons. The lowest BCUT2D eigenvalue weighted by Crippen LogP contribution is -2.45. The number of fused-ring (bicyclic) bond motifs is 4. The first kappa shape index (κ1) is 26.0. The van der Waals surface area contributed by atoms with Crippen LogP contribution in [0.5, 0.6) is 17.2 Å². The highest BCUT2D eigenvalue weighted by atomic mass is 16.5. The minimum Gasteiger partial charge on any atom is -0.487 e. The van der Waals surface area contributed by atoms with E-state index in [1.54, 1.807) is 6.20 Å². The van der Waals surface area contributed by atoms with Crippen LogP contribution in [0.1, 0.15) is 51.9 Å². The molecule has 2 amide bonds. The number of aryl methyl sites for hydroxylation is 1. The van der Waals surface area contributed by atoms with Gasteiger partial charge in [-0.25, -0.2) is 4.98 Å². The summed E-state index contributed by atoms with van der Waals surface area (Å²) in [5.41, 5.74) is 5.05. The van der Waals surface area contributed by atoms with Crippen LogP contribution in [-0.2, 0) is 17.8 Å². The number of aromatic nitrogens is 1. The van der Waals surface area contributed by atoms with Crippen LogP contribution in [0.3, 0.4) is 0 Å². The first-order chi connectivity index (χ1) is 20.0. The van der Waals surface area contributed by atoms with Crippen molar-refractivity contribution >= 4 is 17.6 Å². The predicted molar refractivity (Wildman–Crippen MR) is 155 cm³/mol. The molecule has 1 saturated carbocycles. The van der Waals surface area contributed by atoms with Gasteiger partial charge in [-0.3, -0.25) is 14.5 Å². The van der Waals surface area contributed by atoms with Gasteiger partial charge in [0.15, 0.2) is 0 Å². The van der Waals surface area contributed by atoms with E-state index in [4.69, 9.17) is 9.47 Å². The predicted octanol–water partition coefficient (Wildman–Crippen LogP) is 3.86. The molecule has 1 aromatic heterocycles. The molecule has 4 aliphatic rings. The second-order valence-electron chi connectivity index (χ2n) is 11.4. The van der Waals surface area contributed by atoms with Gasteiger partial charge in [-0.2, -0.15) is 0 Å². The third kappa shape index (κ3) is 5.04. The Balaban J connectivity index is 0.991. The minimum atomic E-state index is -0.0707. The van der Waals surface area contributed by atoms with E-state index in [-0.39, 0.29) is 29.9 Å². The number of hydrogen-bond donors (Lipinski definition) is 2. The summed E-state index contributed by atoms with van der Waals surface area (Å²) < 4.78 is 12.4. The maximum atomic E-state index is 13.2. The molecule has 0 bridgehead atoms. The van der Waals surface area contributed by atoms with E-state index in [1.165, 1.54) is 5.56 Å². The normalized spacial score (nSPS) is 23.1. The van der Waals surface area contributed by atoms with E-state index in [0.717, 1.165) is 61.7 Å². The molecule has 3 aromatic rings. The molecule has 2 N–H and O–H groups in total. The Morgan fingerprint density at radius 3 is 2.73 bits per heavy atom. The van der Waals surface area contributed by atoms with E-state index < -0.39 is 0 Å². The largest absolute Gasteiger partial charge is 0.487 e. The number of rotatable bonds is 7. The van der Waals surface area contributed by atoms with Gasteiger partial charge in [0.05, 0.1) is 12.0 Å². The molecular weight excluding hydrogens is 518 g/mol. The number of pyridine rings is 1. The summed E-state index contributed by atoms with van der Waals surface area (Å²) in [4.78, 5) is 34.2. The van der Waals surface area contributed by atoms with Crippen molar-refractivity contribution in [3.63, 3.8) is 0 Å². The first-order valence-electron chi connectivity index (χ1n) is 14.6. The third-order valence-corrected chi connectivity index (χ3v) is 8.87. The van der Waals surface area contributed by atoms with E-state index in [0.29, 0.717) is 35.7 Å². The average molecular weight is 554 g/mol. The maximum absolute atomic E-state index is 13.2. The number of ether oxygens (including phenoxy) is 2. The van der Waals surface area contributed by atoms with Gasteiger partial charge < -0.3 is 25.0 Å². The molecule has 1 aliphatic carbocycles. The summed E-state index contributed by atoms with van der Waals surface area (Å²) >= 11 is 0. The zero-order chi connectivity index (χ0) is 28.1. The van der Waals surface area contributed by atoms with Crippen LogP contribution in [0.25, 0.3) is 0 Å². The molecule has 9 heteroatoms. The lowest BCUT2D eigenvalue weighted by Gasteiger charge is -2.34. The van der Waals surface area contributed by atoms with E-state index in [1.807, 2.05) is 36.4 Å². The minimum absolute atomic E-state index is 0.0307. The molecule has 0 spiro atoms. The van der Waals surface area contributed by atoms with Gasteiger partial charge in [0.2, 0.25) is 5.91 Å². The smallest absolute Gasteiger partial charge is 0.251 e. The van der Waals surface area contributed by atoms with Crippen molar-refractivity contribution in [1.82, 2.24) is 20.1 Å². The summed E-state index contributed by atoms with van der Waals surface area (Å²) in [7, 11) is 0. The molecule has 4 heterocycles. The van der Waals surface area contributed by atoms with Crippen LogP contribution < -0.4 is 20.1 Å². The van der Waals surface area contributed by atoms with Gasteiger partial charge in [0, 0.05) is 62.0 Å². The van der Waals surface area contributed by atoms with Crippen molar-refractivity contribution < 1.29 is 19.1 Å². The summed E-state index contributed by atoms with van der Waals surface area (Å²) in [5.74, 6) is 2.78. The van der Waals surface area contributed by atoms with Crippen LogP contribution in [0, 0.1) is 6.92 Å². The Labute approximate surface area is 239 Å². The molecule has 41 heavy (non-hydrogen) atoms. The van der Waals surface area contributed by atoms with Crippen molar-refractivity contribution in [3.8, 4) is 17.2 Å². The summed E-state index contributed by atoms with van der Waals surface area (Å²) in [6.45, 7) is 10.7. The number of anilines is 1. The lowest BCUT2D eigenvalue weighted by atomic mass is 10.0. The summed E-state index contributed by atoms with van der Waals surface area (Å²) in [6.07, 6.45) is 2.58. The van der Waals surface area contributed by atoms with Crippen LogP contribution in [0.4, 0.5) is 5.82 Å². The molecule has 2 aromatic carbocycles.